The number of aliphatic hydroxyl groups is 3. The summed E-state index contributed by atoms with van der Waals surface area (Å²) in [6, 6.07) is 0. The largest absolute Gasteiger partial charge is 0.393 e. The molecule has 1 heterocycles. The summed E-state index contributed by atoms with van der Waals surface area (Å²) < 4.78 is 6.56. The Hall–Kier alpha value is -0.420. The van der Waals surface area contributed by atoms with E-state index in [0.717, 1.165) is 12.8 Å². The minimum absolute atomic E-state index is 0.259. The molecule has 1 aliphatic heterocycles. The third-order valence-electron chi connectivity index (χ3n) is 11.1. The van der Waals surface area contributed by atoms with Gasteiger partial charge in [-0.15, -0.1) is 0 Å². The molecule has 31 heavy (non-hydrogen) atoms. The van der Waals surface area contributed by atoms with Crippen molar-refractivity contribution in [2.75, 3.05) is 0 Å². The summed E-state index contributed by atoms with van der Waals surface area (Å²) >= 11 is 0. The molecule has 5 aliphatic rings. The highest BCUT2D eigenvalue weighted by molar-refractivity contribution is 5.32. The smallest absolute Gasteiger partial charge is 0.117 e. The molecule has 1 spiro atoms. The Morgan fingerprint density at radius 2 is 1.81 bits per heavy atom. The summed E-state index contributed by atoms with van der Waals surface area (Å²) in [6.07, 6.45) is 9.60. The Morgan fingerprint density at radius 1 is 1.06 bits per heavy atom. The molecule has 5 fully saturated rings. The SMILES string of the molecule is CC(C)=CCCC(C)[C@H]1CCC2[C@@]34O[C@@H]3[C@H](O)[C@@]3(O)C[C@@H](O)CC[C@]3(C)C4CC[C@@]21C. The second-order valence-electron chi connectivity index (χ2n) is 12.7. The van der Waals surface area contributed by atoms with Crippen LogP contribution in [0.1, 0.15) is 92.4 Å². The van der Waals surface area contributed by atoms with Crippen LogP contribution in [-0.2, 0) is 4.74 Å². The second-order valence-corrected chi connectivity index (χ2v) is 12.7. The quantitative estimate of drug-likeness (QED) is 0.448. The Kier molecular flexibility index (Phi) is 5.08. The first-order valence-electron chi connectivity index (χ1n) is 12.9. The van der Waals surface area contributed by atoms with E-state index in [-0.39, 0.29) is 34.9 Å². The average molecular weight is 433 g/mol. The first kappa shape index (κ1) is 22.4. The molecule has 4 saturated carbocycles. The molecule has 0 aromatic rings. The molecule has 3 N–H and O–H groups in total. The third kappa shape index (κ3) is 2.80. The third-order valence-corrected chi connectivity index (χ3v) is 11.1. The average Bonchev–Trinajstić information content (AvgIpc) is 3.30. The number of hydrogen-bond donors (Lipinski definition) is 3. The molecule has 4 nitrogen and oxygen atoms in total. The lowest BCUT2D eigenvalue weighted by molar-refractivity contribution is -0.246. The fraction of sp³-hybridized carbons (Fsp3) is 0.926. The van der Waals surface area contributed by atoms with Gasteiger partial charge >= 0.3 is 0 Å². The summed E-state index contributed by atoms with van der Waals surface area (Å²) in [7, 11) is 0. The maximum absolute atomic E-state index is 11.7. The molecule has 0 amide bonds. The molecule has 1 saturated heterocycles. The molecule has 4 heteroatoms. The van der Waals surface area contributed by atoms with E-state index in [2.05, 4.69) is 40.7 Å². The van der Waals surface area contributed by atoms with Crippen LogP contribution >= 0.6 is 0 Å². The van der Waals surface area contributed by atoms with E-state index in [4.69, 9.17) is 4.74 Å². The van der Waals surface area contributed by atoms with Gasteiger partial charge in [-0.25, -0.2) is 0 Å². The molecule has 0 bridgehead atoms. The summed E-state index contributed by atoms with van der Waals surface area (Å²) in [5.41, 5.74) is -0.207. The molecule has 3 unspecified atom stereocenters. The van der Waals surface area contributed by atoms with E-state index in [1.54, 1.807) is 0 Å². The van der Waals surface area contributed by atoms with E-state index in [9.17, 15) is 15.3 Å². The fourth-order valence-electron chi connectivity index (χ4n) is 9.50. The van der Waals surface area contributed by atoms with Gasteiger partial charge in [0.1, 0.15) is 23.4 Å². The zero-order chi connectivity index (χ0) is 22.4. The number of epoxide rings is 1. The Balaban J connectivity index is 1.43. The van der Waals surface area contributed by atoms with Gasteiger partial charge in [-0.3, -0.25) is 0 Å². The highest BCUT2D eigenvalue weighted by atomic mass is 16.6. The van der Waals surface area contributed by atoms with Gasteiger partial charge in [-0.1, -0.05) is 32.4 Å². The molecule has 0 aromatic carbocycles. The summed E-state index contributed by atoms with van der Waals surface area (Å²) in [5, 5.41) is 33.4. The monoisotopic (exact) mass is 432 g/mol. The van der Waals surface area contributed by atoms with E-state index in [0.29, 0.717) is 24.2 Å². The van der Waals surface area contributed by atoms with Crippen molar-refractivity contribution in [3.8, 4) is 0 Å². The lowest BCUT2D eigenvalue weighted by atomic mass is 9.42. The maximum atomic E-state index is 11.7. The van der Waals surface area contributed by atoms with Crippen LogP contribution in [0.4, 0.5) is 0 Å². The Bertz CT molecular complexity index is 760. The van der Waals surface area contributed by atoms with Crippen LogP contribution in [0.15, 0.2) is 11.6 Å². The molecule has 5 rings (SSSR count). The van der Waals surface area contributed by atoms with Gasteiger partial charge in [0, 0.05) is 11.8 Å². The van der Waals surface area contributed by atoms with Crippen LogP contribution in [-0.4, -0.2) is 44.8 Å². The van der Waals surface area contributed by atoms with Crippen LogP contribution in [0.5, 0.6) is 0 Å². The fourth-order valence-corrected chi connectivity index (χ4v) is 9.50. The minimum Gasteiger partial charge on any atom is -0.393 e. The molecular formula is C27H44O4. The van der Waals surface area contributed by atoms with Crippen LogP contribution in [0.3, 0.4) is 0 Å². The highest BCUT2D eigenvalue weighted by Crippen LogP contribution is 2.76. The van der Waals surface area contributed by atoms with Gasteiger partial charge in [0.2, 0.25) is 0 Å². The van der Waals surface area contributed by atoms with E-state index in [1.807, 2.05) is 0 Å². The van der Waals surface area contributed by atoms with E-state index in [1.165, 1.54) is 37.7 Å². The second kappa shape index (κ2) is 7.04. The number of fused-ring (bicyclic) bond motifs is 3. The predicted octanol–water partition coefficient (Wildman–Crippen LogP) is 4.61. The van der Waals surface area contributed by atoms with Gasteiger partial charge in [0.15, 0.2) is 0 Å². The lowest BCUT2D eigenvalue weighted by Crippen LogP contribution is -2.72. The summed E-state index contributed by atoms with van der Waals surface area (Å²) in [5.74, 6) is 2.16. The molecule has 11 atom stereocenters. The van der Waals surface area contributed by atoms with Crippen molar-refractivity contribution >= 4 is 0 Å². The standard InChI is InChI=1S/C27H44O4/c1-16(2)7-6-8-17(3)19-9-10-20-24(19,4)13-12-21-25(5)14-11-18(28)15-26(25,30)22(29)23-27(20,21)31-23/h7,17-23,28-30H,6,8-15H2,1-5H3/t17?,18-,19+,20?,21?,22-,23+,24+,25+,26-,27-/m0/s1. The van der Waals surface area contributed by atoms with Crippen molar-refractivity contribution in [2.45, 2.75) is 122 Å². The Labute approximate surface area is 188 Å². The van der Waals surface area contributed by atoms with Crippen LogP contribution in [0, 0.1) is 34.5 Å². The first-order valence-corrected chi connectivity index (χ1v) is 12.9. The first-order chi connectivity index (χ1) is 14.5. The number of ether oxygens (including phenoxy) is 1. The zero-order valence-electron chi connectivity index (χ0n) is 20.2. The van der Waals surface area contributed by atoms with Crippen LogP contribution in [0.25, 0.3) is 0 Å². The molecule has 4 aliphatic carbocycles. The van der Waals surface area contributed by atoms with Gasteiger partial charge in [-0.05, 0) is 94.3 Å². The van der Waals surface area contributed by atoms with Gasteiger partial charge in [0.25, 0.3) is 0 Å². The molecule has 0 aromatic heterocycles. The van der Waals surface area contributed by atoms with Gasteiger partial charge in [0.05, 0.1) is 6.10 Å². The van der Waals surface area contributed by atoms with Gasteiger partial charge in [-0.2, -0.15) is 0 Å². The van der Waals surface area contributed by atoms with E-state index < -0.39 is 17.8 Å². The number of allylic oxidation sites excluding steroid dienone is 2. The Morgan fingerprint density at radius 3 is 2.52 bits per heavy atom. The number of aliphatic hydroxyl groups excluding tert-OH is 2. The van der Waals surface area contributed by atoms with Crippen molar-refractivity contribution in [2.24, 2.45) is 34.5 Å². The number of hydrogen-bond acceptors (Lipinski definition) is 4. The topological polar surface area (TPSA) is 73.2 Å². The molecule has 176 valence electrons. The summed E-state index contributed by atoms with van der Waals surface area (Å²) in [4.78, 5) is 0. The highest BCUT2D eigenvalue weighted by Gasteiger charge is 2.84. The predicted molar refractivity (Wildman–Crippen MR) is 121 cm³/mol. The normalized spacial score (nSPS) is 56.0. The number of rotatable bonds is 4. The van der Waals surface area contributed by atoms with Crippen molar-refractivity contribution in [1.29, 1.82) is 0 Å². The van der Waals surface area contributed by atoms with Crippen molar-refractivity contribution in [3.63, 3.8) is 0 Å². The van der Waals surface area contributed by atoms with Crippen molar-refractivity contribution < 1.29 is 20.1 Å². The van der Waals surface area contributed by atoms with Gasteiger partial charge < -0.3 is 20.1 Å². The molecule has 0 radical (unpaired) electrons. The van der Waals surface area contributed by atoms with Crippen molar-refractivity contribution in [1.82, 2.24) is 0 Å². The van der Waals surface area contributed by atoms with Crippen LogP contribution < -0.4 is 0 Å². The zero-order valence-corrected chi connectivity index (χ0v) is 20.2. The van der Waals surface area contributed by atoms with E-state index >= 15 is 0 Å². The lowest BCUT2D eigenvalue weighted by Gasteiger charge is -2.63. The minimum atomic E-state index is -1.23. The van der Waals surface area contributed by atoms with Crippen LogP contribution in [0.2, 0.25) is 0 Å². The molecular weight excluding hydrogens is 388 g/mol. The summed E-state index contributed by atoms with van der Waals surface area (Å²) in [6.45, 7) is 11.5. The van der Waals surface area contributed by atoms with Crippen molar-refractivity contribution in [3.05, 3.63) is 11.6 Å². The maximum Gasteiger partial charge on any atom is 0.117 e.